The van der Waals surface area contributed by atoms with E-state index in [4.69, 9.17) is 14.5 Å². The van der Waals surface area contributed by atoms with Crippen LogP contribution in [0.4, 0.5) is 0 Å². The fourth-order valence-corrected chi connectivity index (χ4v) is 3.80. The topological polar surface area (TPSA) is 65.4 Å². The fraction of sp³-hybridized carbons (Fsp3) is 0.259. The van der Waals surface area contributed by atoms with Gasteiger partial charge in [-0.15, -0.1) is 0 Å². The Bertz CT molecular complexity index is 1200. The summed E-state index contributed by atoms with van der Waals surface area (Å²) in [5, 5.41) is 3.01. The van der Waals surface area contributed by atoms with Crippen LogP contribution in [0.1, 0.15) is 30.8 Å². The van der Waals surface area contributed by atoms with E-state index in [2.05, 4.69) is 16.0 Å². The molecule has 33 heavy (non-hydrogen) atoms. The number of para-hydroxylation sites is 4. The van der Waals surface area contributed by atoms with Crippen LogP contribution < -0.4 is 14.8 Å². The summed E-state index contributed by atoms with van der Waals surface area (Å²) < 4.78 is 13.7. The maximum atomic E-state index is 12.5. The van der Waals surface area contributed by atoms with E-state index >= 15 is 0 Å². The van der Waals surface area contributed by atoms with Gasteiger partial charge in [-0.2, -0.15) is 0 Å². The molecule has 1 atom stereocenters. The summed E-state index contributed by atoms with van der Waals surface area (Å²) in [7, 11) is 0. The molecule has 1 N–H and O–H groups in total. The molecule has 0 aliphatic heterocycles. The van der Waals surface area contributed by atoms with Crippen molar-refractivity contribution in [2.24, 2.45) is 0 Å². The summed E-state index contributed by atoms with van der Waals surface area (Å²) in [6.07, 6.45) is 0.819. The van der Waals surface area contributed by atoms with Crippen LogP contribution in [-0.2, 0) is 11.3 Å². The second-order valence-electron chi connectivity index (χ2n) is 7.97. The van der Waals surface area contributed by atoms with Gasteiger partial charge in [0.25, 0.3) is 5.91 Å². The highest BCUT2D eigenvalue weighted by Gasteiger charge is 2.18. The minimum absolute atomic E-state index is 0.0428. The molecule has 3 aromatic carbocycles. The van der Waals surface area contributed by atoms with Gasteiger partial charge in [-0.25, -0.2) is 4.98 Å². The van der Waals surface area contributed by atoms with E-state index in [0.717, 1.165) is 41.1 Å². The number of benzene rings is 3. The number of nitrogens with one attached hydrogen (secondary N) is 1. The summed E-state index contributed by atoms with van der Waals surface area (Å²) in [5.41, 5.74) is 3.08. The van der Waals surface area contributed by atoms with E-state index in [9.17, 15) is 4.79 Å². The van der Waals surface area contributed by atoms with Crippen LogP contribution in [-0.4, -0.2) is 28.7 Å². The van der Waals surface area contributed by atoms with Crippen LogP contribution in [0.5, 0.6) is 11.5 Å². The van der Waals surface area contributed by atoms with Crippen molar-refractivity contribution < 1.29 is 14.3 Å². The Morgan fingerprint density at radius 1 is 0.970 bits per heavy atom. The Hall–Kier alpha value is -3.80. The van der Waals surface area contributed by atoms with E-state index in [1.165, 1.54) is 0 Å². The molecule has 170 valence electrons. The first-order valence-corrected chi connectivity index (χ1v) is 11.2. The Balaban J connectivity index is 1.40. The van der Waals surface area contributed by atoms with E-state index in [1.54, 1.807) is 0 Å². The quantitative estimate of drug-likeness (QED) is 0.348. The van der Waals surface area contributed by atoms with Gasteiger partial charge in [-0.05, 0) is 56.2 Å². The summed E-state index contributed by atoms with van der Waals surface area (Å²) in [6.45, 7) is 5.29. The zero-order valence-corrected chi connectivity index (χ0v) is 19.0. The van der Waals surface area contributed by atoms with Crippen LogP contribution in [0.3, 0.4) is 0 Å². The highest BCUT2D eigenvalue weighted by Crippen LogP contribution is 2.22. The third kappa shape index (κ3) is 5.71. The summed E-state index contributed by atoms with van der Waals surface area (Å²) in [5.74, 6) is 2.21. The number of nitrogens with zero attached hydrogens (tertiary/aromatic N) is 2. The fourth-order valence-electron chi connectivity index (χ4n) is 3.80. The largest absolute Gasteiger partial charge is 0.493 e. The number of imidazole rings is 1. The van der Waals surface area contributed by atoms with Gasteiger partial charge in [0.1, 0.15) is 17.3 Å². The van der Waals surface area contributed by atoms with E-state index in [1.807, 2.05) is 86.6 Å². The van der Waals surface area contributed by atoms with E-state index < -0.39 is 0 Å². The van der Waals surface area contributed by atoms with Gasteiger partial charge in [0, 0.05) is 6.54 Å². The Morgan fingerprint density at radius 3 is 2.52 bits per heavy atom. The number of amides is 1. The molecule has 0 bridgehead atoms. The highest BCUT2D eigenvalue weighted by atomic mass is 16.5. The van der Waals surface area contributed by atoms with Crippen LogP contribution in [0.25, 0.3) is 11.0 Å². The number of aryl methyl sites for hydroxylation is 2. The molecule has 0 saturated heterocycles. The van der Waals surface area contributed by atoms with Crippen LogP contribution in [0.2, 0.25) is 0 Å². The van der Waals surface area contributed by atoms with Crippen molar-refractivity contribution in [1.29, 1.82) is 0 Å². The molecule has 0 fully saturated rings. The Morgan fingerprint density at radius 2 is 1.70 bits per heavy atom. The summed E-state index contributed by atoms with van der Waals surface area (Å²) in [6, 6.07) is 25.1. The third-order valence-electron chi connectivity index (χ3n) is 5.44. The van der Waals surface area contributed by atoms with Crippen LogP contribution in [0, 0.1) is 6.92 Å². The lowest BCUT2D eigenvalue weighted by Gasteiger charge is -2.17. The minimum Gasteiger partial charge on any atom is -0.493 e. The van der Waals surface area contributed by atoms with E-state index in [-0.39, 0.29) is 18.6 Å². The number of aromatic nitrogens is 2. The normalized spacial score (nSPS) is 11.8. The molecule has 1 heterocycles. The van der Waals surface area contributed by atoms with Gasteiger partial charge in [-0.1, -0.05) is 48.5 Å². The van der Waals surface area contributed by atoms with Crippen molar-refractivity contribution in [3.8, 4) is 11.5 Å². The van der Waals surface area contributed by atoms with Crippen LogP contribution in [0.15, 0.2) is 78.9 Å². The zero-order chi connectivity index (χ0) is 23.0. The van der Waals surface area contributed by atoms with Gasteiger partial charge in [-0.3, -0.25) is 4.79 Å². The van der Waals surface area contributed by atoms with Crippen molar-refractivity contribution >= 4 is 16.9 Å². The SMILES string of the molecule is Cc1ccccc1OCCCn1c(C(C)NC(=O)COc2ccccc2)nc2ccccc21. The van der Waals surface area contributed by atoms with Gasteiger partial charge in [0.15, 0.2) is 6.61 Å². The molecule has 0 saturated carbocycles. The average Bonchev–Trinajstić information content (AvgIpc) is 3.21. The minimum atomic E-state index is -0.262. The molecule has 4 rings (SSSR count). The number of fused-ring (bicyclic) bond motifs is 1. The standard InChI is InChI=1S/C27H29N3O3/c1-20-11-6-9-16-25(20)32-18-10-17-30-24-15-8-7-14-23(24)29-27(30)21(2)28-26(31)19-33-22-12-4-3-5-13-22/h3-9,11-16,21H,10,17-19H2,1-2H3,(H,28,31). The molecule has 1 aromatic heterocycles. The van der Waals surface area contributed by atoms with E-state index in [0.29, 0.717) is 12.4 Å². The number of carbonyl (C=O) groups excluding carboxylic acids is 1. The maximum Gasteiger partial charge on any atom is 0.258 e. The van der Waals surface area contributed by atoms with Gasteiger partial charge < -0.3 is 19.4 Å². The van der Waals surface area contributed by atoms with Crippen molar-refractivity contribution in [2.45, 2.75) is 32.9 Å². The predicted molar refractivity (Wildman–Crippen MR) is 130 cm³/mol. The number of hydrogen-bond acceptors (Lipinski definition) is 4. The second-order valence-corrected chi connectivity index (χ2v) is 7.97. The van der Waals surface area contributed by atoms with Gasteiger partial charge in [0.2, 0.25) is 0 Å². The first-order chi connectivity index (χ1) is 16.1. The van der Waals surface area contributed by atoms with Crippen molar-refractivity contribution in [2.75, 3.05) is 13.2 Å². The predicted octanol–water partition coefficient (Wildman–Crippen LogP) is 5.07. The smallest absolute Gasteiger partial charge is 0.258 e. The molecule has 6 nitrogen and oxygen atoms in total. The first-order valence-electron chi connectivity index (χ1n) is 11.2. The third-order valence-corrected chi connectivity index (χ3v) is 5.44. The second kappa shape index (κ2) is 10.7. The molecule has 1 unspecified atom stereocenters. The molecule has 6 heteroatoms. The molecule has 1 amide bonds. The summed E-state index contributed by atoms with van der Waals surface area (Å²) >= 11 is 0. The zero-order valence-electron chi connectivity index (χ0n) is 19.0. The number of carbonyl (C=O) groups is 1. The molecule has 0 spiro atoms. The Labute approximate surface area is 194 Å². The molecular formula is C27H29N3O3. The van der Waals surface area contributed by atoms with Crippen molar-refractivity contribution in [3.05, 3.63) is 90.3 Å². The van der Waals surface area contributed by atoms with Crippen molar-refractivity contribution in [1.82, 2.24) is 14.9 Å². The molecular weight excluding hydrogens is 414 g/mol. The monoisotopic (exact) mass is 443 g/mol. The number of hydrogen-bond donors (Lipinski definition) is 1. The van der Waals surface area contributed by atoms with Crippen molar-refractivity contribution in [3.63, 3.8) is 0 Å². The lowest BCUT2D eigenvalue weighted by atomic mass is 10.2. The molecule has 0 aliphatic rings. The lowest BCUT2D eigenvalue weighted by molar-refractivity contribution is -0.123. The lowest BCUT2D eigenvalue weighted by Crippen LogP contribution is -2.32. The summed E-state index contributed by atoms with van der Waals surface area (Å²) in [4.78, 5) is 17.3. The molecule has 0 aliphatic carbocycles. The number of rotatable bonds is 10. The first kappa shape index (κ1) is 22.4. The maximum absolute atomic E-state index is 12.5. The van der Waals surface area contributed by atoms with Crippen LogP contribution >= 0.6 is 0 Å². The molecule has 4 aromatic rings. The Kier molecular flexibility index (Phi) is 7.25. The van der Waals surface area contributed by atoms with Gasteiger partial charge in [0.05, 0.1) is 23.7 Å². The molecule has 0 radical (unpaired) electrons. The number of ether oxygens (including phenoxy) is 2. The van der Waals surface area contributed by atoms with Gasteiger partial charge >= 0.3 is 0 Å². The highest BCUT2D eigenvalue weighted by molar-refractivity contribution is 5.79. The average molecular weight is 444 g/mol.